The SMILES string of the molecule is CNc1cc(NCc2ccc(Br)cc2)cc([N+](=O)[O-])c1. The predicted molar refractivity (Wildman–Crippen MR) is 84.1 cm³/mol. The molecule has 0 radical (unpaired) electrons. The normalized spacial score (nSPS) is 10.1. The highest BCUT2D eigenvalue weighted by Gasteiger charge is 2.09. The number of hydrogen-bond acceptors (Lipinski definition) is 4. The number of rotatable bonds is 5. The number of non-ortho nitro benzene ring substituents is 1. The molecule has 104 valence electrons. The predicted octanol–water partition coefficient (Wildman–Crippen LogP) is 4.01. The Hall–Kier alpha value is -2.08. The highest BCUT2D eigenvalue weighted by Crippen LogP contribution is 2.24. The van der Waals surface area contributed by atoms with Gasteiger partial charge < -0.3 is 10.6 Å². The van der Waals surface area contributed by atoms with Crippen molar-refractivity contribution >= 4 is 33.0 Å². The van der Waals surface area contributed by atoms with Crippen molar-refractivity contribution in [2.24, 2.45) is 0 Å². The number of halogens is 1. The summed E-state index contributed by atoms with van der Waals surface area (Å²) >= 11 is 3.38. The molecule has 2 aromatic carbocycles. The second-order valence-electron chi connectivity index (χ2n) is 4.26. The van der Waals surface area contributed by atoms with Crippen LogP contribution in [0.15, 0.2) is 46.9 Å². The lowest BCUT2D eigenvalue weighted by molar-refractivity contribution is -0.384. The second kappa shape index (κ2) is 6.38. The zero-order chi connectivity index (χ0) is 14.5. The van der Waals surface area contributed by atoms with Crippen molar-refractivity contribution in [3.05, 3.63) is 62.6 Å². The maximum Gasteiger partial charge on any atom is 0.273 e. The molecule has 2 N–H and O–H groups in total. The van der Waals surface area contributed by atoms with Crippen LogP contribution >= 0.6 is 15.9 Å². The lowest BCUT2D eigenvalue weighted by Gasteiger charge is -2.09. The van der Waals surface area contributed by atoms with Crippen molar-refractivity contribution in [1.82, 2.24) is 0 Å². The number of hydrogen-bond donors (Lipinski definition) is 2. The van der Waals surface area contributed by atoms with E-state index in [4.69, 9.17) is 0 Å². The van der Waals surface area contributed by atoms with Crippen molar-refractivity contribution < 1.29 is 4.92 Å². The van der Waals surface area contributed by atoms with Gasteiger partial charge in [-0.05, 0) is 23.8 Å². The molecule has 2 aromatic rings. The topological polar surface area (TPSA) is 67.2 Å². The molecule has 2 rings (SSSR count). The standard InChI is InChI=1S/C14H14BrN3O2/c1-16-12-6-13(8-14(7-12)18(19)20)17-9-10-2-4-11(15)5-3-10/h2-8,16-17H,9H2,1H3. The van der Waals surface area contributed by atoms with Gasteiger partial charge in [-0.3, -0.25) is 10.1 Å². The molecule has 0 spiro atoms. The zero-order valence-electron chi connectivity index (χ0n) is 10.9. The minimum atomic E-state index is -0.397. The third kappa shape index (κ3) is 3.71. The first-order valence-corrected chi connectivity index (χ1v) is 6.83. The lowest BCUT2D eigenvalue weighted by Crippen LogP contribution is -2.01. The number of anilines is 2. The summed E-state index contributed by atoms with van der Waals surface area (Å²) in [6.07, 6.45) is 0. The molecule has 0 amide bonds. The largest absolute Gasteiger partial charge is 0.388 e. The molecule has 0 atom stereocenters. The van der Waals surface area contributed by atoms with Crippen molar-refractivity contribution in [1.29, 1.82) is 0 Å². The first-order valence-electron chi connectivity index (χ1n) is 6.04. The Balaban J connectivity index is 2.14. The minimum Gasteiger partial charge on any atom is -0.388 e. The maximum absolute atomic E-state index is 10.9. The van der Waals surface area contributed by atoms with Gasteiger partial charge >= 0.3 is 0 Å². The quantitative estimate of drug-likeness (QED) is 0.639. The summed E-state index contributed by atoms with van der Waals surface area (Å²) in [4.78, 5) is 10.5. The van der Waals surface area contributed by atoms with Crippen LogP contribution in [0, 0.1) is 10.1 Å². The van der Waals surface area contributed by atoms with Gasteiger partial charge in [0.2, 0.25) is 0 Å². The van der Waals surface area contributed by atoms with Gasteiger partial charge in [-0.25, -0.2) is 0 Å². The van der Waals surface area contributed by atoms with Crippen LogP contribution in [0.2, 0.25) is 0 Å². The van der Waals surface area contributed by atoms with E-state index >= 15 is 0 Å². The molecular formula is C14H14BrN3O2. The second-order valence-corrected chi connectivity index (χ2v) is 5.17. The fraction of sp³-hybridized carbons (Fsp3) is 0.143. The van der Waals surface area contributed by atoms with E-state index in [2.05, 4.69) is 26.6 Å². The van der Waals surface area contributed by atoms with Crippen LogP contribution in [0.4, 0.5) is 17.1 Å². The Labute approximate surface area is 125 Å². The molecule has 5 nitrogen and oxygen atoms in total. The maximum atomic E-state index is 10.9. The number of nitro benzene ring substituents is 1. The Kier molecular flexibility index (Phi) is 4.57. The summed E-state index contributed by atoms with van der Waals surface area (Å²) in [5, 5.41) is 17.0. The van der Waals surface area contributed by atoms with Crippen LogP contribution in [-0.2, 0) is 6.54 Å². The number of nitro groups is 1. The van der Waals surface area contributed by atoms with Crippen molar-refractivity contribution in [3.63, 3.8) is 0 Å². The van der Waals surface area contributed by atoms with Gasteiger partial charge in [0, 0.05) is 41.6 Å². The van der Waals surface area contributed by atoms with Crippen molar-refractivity contribution in [2.75, 3.05) is 17.7 Å². The van der Waals surface area contributed by atoms with Crippen LogP contribution < -0.4 is 10.6 Å². The van der Waals surface area contributed by atoms with Crippen LogP contribution in [0.1, 0.15) is 5.56 Å². The summed E-state index contributed by atoms with van der Waals surface area (Å²) in [5.74, 6) is 0. The molecule has 0 aromatic heterocycles. The van der Waals surface area contributed by atoms with E-state index in [0.717, 1.165) is 10.0 Å². The molecule has 0 heterocycles. The molecular weight excluding hydrogens is 322 g/mol. The Morgan fingerprint density at radius 1 is 1.15 bits per heavy atom. The molecule has 0 aliphatic carbocycles. The highest BCUT2D eigenvalue weighted by molar-refractivity contribution is 9.10. The van der Waals surface area contributed by atoms with Crippen LogP contribution in [-0.4, -0.2) is 12.0 Å². The van der Waals surface area contributed by atoms with E-state index in [1.807, 2.05) is 30.3 Å². The Morgan fingerprint density at radius 2 is 1.80 bits per heavy atom. The van der Waals surface area contributed by atoms with E-state index in [1.165, 1.54) is 12.1 Å². The summed E-state index contributed by atoms with van der Waals surface area (Å²) in [7, 11) is 1.73. The molecule has 0 saturated heterocycles. The highest BCUT2D eigenvalue weighted by atomic mass is 79.9. The molecule has 0 unspecified atom stereocenters. The van der Waals surface area contributed by atoms with Crippen molar-refractivity contribution in [2.45, 2.75) is 6.54 Å². The molecule has 0 saturated carbocycles. The summed E-state index contributed by atoms with van der Waals surface area (Å²) in [6, 6.07) is 12.8. The van der Waals surface area contributed by atoms with Gasteiger partial charge in [-0.1, -0.05) is 28.1 Å². The third-order valence-electron chi connectivity index (χ3n) is 2.83. The fourth-order valence-electron chi connectivity index (χ4n) is 1.77. The average molecular weight is 336 g/mol. The third-order valence-corrected chi connectivity index (χ3v) is 3.36. The van der Waals surface area contributed by atoms with Gasteiger partial charge in [0.1, 0.15) is 0 Å². The molecule has 0 aliphatic rings. The summed E-state index contributed by atoms with van der Waals surface area (Å²) in [5.41, 5.74) is 2.59. The minimum absolute atomic E-state index is 0.0650. The van der Waals surface area contributed by atoms with Gasteiger partial charge in [-0.2, -0.15) is 0 Å². The molecule has 0 bridgehead atoms. The summed E-state index contributed by atoms with van der Waals surface area (Å²) < 4.78 is 1.02. The number of nitrogens with zero attached hydrogens (tertiary/aromatic N) is 1. The molecule has 6 heteroatoms. The molecule has 0 fully saturated rings. The van der Waals surface area contributed by atoms with Crippen LogP contribution in [0.25, 0.3) is 0 Å². The molecule has 20 heavy (non-hydrogen) atoms. The fourth-order valence-corrected chi connectivity index (χ4v) is 2.03. The van der Waals surface area contributed by atoms with Gasteiger partial charge in [0.15, 0.2) is 0 Å². The van der Waals surface area contributed by atoms with E-state index in [9.17, 15) is 10.1 Å². The lowest BCUT2D eigenvalue weighted by atomic mass is 10.2. The zero-order valence-corrected chi connectivity index (χ0v) is 12.5. The first-order chi connectivity index (χ1) is 9.58. The smallest absolute Gasteiger partial charge is 0.273 e. The Morgan fingerprint density at radius 3 is 2.40 bits per heavy atom. The summed E-state index contributed by atoms with van der Waals surface area (Å²) in [6.45, 7) is 0.609. The average Bonchev–Trinajstić information content (AvgIpc) is 2.46. The number of benzene rings is 2. The monoisotopic (exact) mass is 335 g/mol. The van der Waals surface area contributed by atoms with Gasteiger partial charge in [-0.15, -0.1) is 0 Å². The van der Waals surface area contributed by atoms with Crippen molar-refractivity contribution in [3.8, 4) is 0 Å². The van der Waals surface area contributed by atoms with Crippen LogP contribution in [0.5, 0.6) is 0 Å². The first kappa shape index (κ1) is 14.3. The van der Waals surface area contributed by atoms with E-state index in [0.29, 0.717) is 17.9 Å². The Bertz CT molecular complexity index is 614. The number of nitrogens with one attached hydrogen (secondary N) is 2. The van der Waals surface area contributed by atoms with Gasteiger partial charge in [0.25, 0.3) is 5.69 Å². The van der Waals surface area contributed by atoms with Crippen LogP contribution in [0.3, 0.4) is 0 Å². The van der Waals surface area contributed by atoms with E-state index < -0.39 is 4.92 Å². The van der Waals surface area contributed by atoms with E-state index in [1.54, 1.807) is 7.05 Å². The molecule has 0 aliphatic heterocycles. The van der Waals surface area contributed by atoms with Gasteiger partial charge in [0.05, 0.1) is 4.92 Å². The van der Waals surface area contributed by atoms with E-state index in [-0.39, 0.29) is 5.69 Å².